The van der Waals surface area contributed by atoms with Crippen LogP contribution in [-0.4, -0.2) is 31.3 Å². The number of halogens is 1. The van der Waals surface area contributed by atoms with Crippen molar-refractivity contribution in [1.29, 1.82) is 0 Å². The first-order valence-electron chi connectivity index (χ1n) is 8.21. The van der Waals surface area contributed by atoms with Gasteiger partial charge in [-0.15, -0.1) is 11.8 Å². The molecule has 0 aromatic heterocycles. The molecule has 0 saturated heterocycles. The van der Waals surface area contributed by atoms with Crippen LogP contribution in [0.2, 0.25) is 0 Å². The normalized spacial score (nSPS) is 13.5. The summed E-state index contributed by atoms with van der Waals surface area (Å²) in [5.74, 6) is 0.528. The SMILES string of the molecule is O=C(CN1CCCc2cccc(F)c21)NCCSc1ccccc1. The van der Waals surface area contributed by atoms with Gasteiger partial charge in [-0.25, -0.2) is 4.39 Å². The lowest BCUT2D eigenvalue weighted by Gasteiger charge is -2.31. The summed E-state index contributed by atoms with van der Waals surface area (Å²) in [7, 11) is 0. The molecule has 0 aliphatic carbocycles. The second-order valence-electron chi connectivity index (χ2n) is 5.78. The van der Waals surface area contributed by atoms with Crippen LogP contribution in [0.4, 0.5) is 10.1 Å². The number of anilines is 1. The van der Waals surface area contributed by atoms with Crippen LogP contribution in [0.5, 0.6) is 0 Å². The van der Waals surface area contributed by atoms with Gasteiger partial charge in [0.05, 0.1) is 12.2 Å². The lowest BCUT2D eigenvalue weighted by Crippen LogP contribution is -2.40. The van der Waals surface area contributed by atoms with Crippen molar-refractivity contribution >= 4 is 23.4 Å². The molecule has 1 aliphatic heterocycles. The van der Waals surface area contributed by atoms with Gasteiger partial charge < -0.3 is 10.2 Å². The lowest BCUT2D eigenvalue weighted by molar-refractivity contribution is -0.119. The second kappa shape index (κ2) is 8.20. The summed E-state index contributed by atoms with van der Waals surface area (Å²) in [5, 5.41) is 2.93. The van der Waals surface area contributed by atoms with Gasteiger partial charge in [0.25, 0.3) is 0 Å². The number of amides is 1. The Kier molecular flexibility index (Phi) is 5.75. The first-order valence-corrected chi connectivity index (χ1v) is 9.19. The highest BCUT2D eigenvalue weighted by Gasteiger charge is 2.22. The number of fused-ring (bicyclic) bond motifs is 1. The van der Waals surface area contributed by atoms with Gasteiger partial charge in [0.2, 0.25) is 5.91 Å². The van der Waals surface area contributed by atoms with Crippen molar-refractivity contribution in [2.75, 3.05) is 30.3 Å². The van der Waals surface area contributed by atoms with Gasteiger partial charge in [0.15, 0.2) is 0 Å². The zero-order valence-electron chi connectivity index (χ0n) is 13.5. The molecule has 0 unspecified atom stereocenters. The van der Waals surface area contributed by atoms with E-state index in [9.17, 15) is 9.18 Å². The van der Waals surface area contributed by atoms with Gasteiger partial charge in [0.1, 0.15) is 5.82 Å². The molecule has 0 fully saturated rings. The lowest BCUT2D eigenvalue weighted by atomic mass is 10.0. The maximum Gasteiger partial charge on any atom is 0.239 e. The monoisotopic (exact) mass is 344 g/mol. The quantitative estimate of drug-likeness (QED) is 0.643. The van der Waals surface area contributed by atoms with Crippen LogP contribution < -0.4 is 10.2 Å². The summed E-state index contributed by atoms with van der Waals surface area (Å²) in [5.41, 5.74) is 1.59. The zero-order chi connectivity index (χ0) is 16.8. The molecule has 1 heterocycles. The van der Waals surface area contributed by atoms with E-state index >= 15 is 0 Å². The highest BCUT2D eigenvalue weighted by atomic mass is 32.2. The first-order chi connectivity index (χ1) is 11.7. The molecule has 2 aromatic carbocycles. The average molecular weight is 344 g/mol. The Morgan fingerprint density at radius 2 is 2.00 bits per heavy atom. The van der Waals surface area contributed by atoms with Crippen LogP contribution >= 0.6 is 11.8 Å². The number of rotatable bonds is 6. The third-order valence-electron chi connectivity index (χ3n) is 4.03. The number of carbonyl (C=O) groups is 1. The Hall–Kier alpha value is -2.01. The van der Waals surface area contributed by atoms with Crippen LogP contribution in [0.25, 0.3) is 0 Å². The molecular weight excluding hydrogens is 323 g/mol. The summed E-state index contributed by atoms with van der Waals surface area (Å²) in [4.78, 5) is 15.2. The molecule has 2 aromatic rings. The van der Waals surface area contributed by atoms with E-state index in [1.807, 2.05) is 29.2 Å². The van der Waals surface area contributed by atoms with E-state index in [0.29, 0.717) is 12.2 Å². The molecule has 1 aliphatic rings. The van der Waals surface area contributed by atoms with Crippen molar-refractivity contribution in [3.05, 3.63) is 59.9 Å². The molecule has 3 rings (SSSR count). The predicted molar refractivity (Wildman–Crippen MR) is 97.1 cm³/mol. The molecule has 24 heavy (non-hydrogen) atoms. The van der Waals surface area contributed by atoms with Gasteiger partial charge in [-0.3, -0.25) is 4.79 Å². The van der Waals surface area contributed by atoms with E-state index in [4.69, 9.17) is 0 Å². The van der Waals surface area contributed by atoms with Crippen molar-refractivity contribution in [2.45, 2.75) is 17.7 Å². The molecule has 0 spiro atoms. The molecule has 0 radical (unpaired) electrons. The molecule has 3 nitrogen and oxygen atoms in total. The van der Waals surface area contributed by atoms with Crippen LogP contribution in [0, 0.1) is 5.82 Å². The van der Waals surface area contributed by atoms with E-state index in [0.717, 1.165) is 30.7 Å². The third-order valence-corrected chi connectivity index (χ3v) is 5.05. The Bertz CT molecular complexity index is 693. The van der Waals surface area contributed by atoms with Crippen molar-refractivity contribution in [2.24, 2.45) is 0 Å². The standard InChI is InChI=1S/C19H21FN2OS/c20-17-10-4-6-15-7-5-12-22(19(15)17)14-18(23)21-11-13-24-16-8-2-1-3-9-16/h1-4,6,8-10H,5,7,11-14H2,(H,21,23). The van der Waals surface area contributed by atoms with Gasteiger partial charge in [-0.2, -0.15) is 0 Å². The number of nitrogens with one attached hydrogen (secondary N) is 1. The summed E-state index contributed by atoms with van der Waals surface area (Å²) >= 11 is 1.71. The highest BCUT2D eigenvalue weighted by molar-refractivity contribution is 7.99. The molecular formula is C19H21FN2OS. The summed E-state index contributed by atoms with van der Waals surface area (Å²) in [6, 6.07) is 15.2. The van der Waals surface area contributed by atoms with Crippen LogP contribution in [0.3, 0.4) is 0 Å². The maximum absolute atomic E-state index is 14.1. The number of aryl methyl sites for hydroxylation is 1. The number of hydrogen-bond donors (Lipinski definition) is 1. The summed E-state index contributed by atoms with van der Waals surface area (Å²) in [6.45, 7) is 1.54. The van der Waals surface area contributed by atoms with E-state index in [1.165, 1.54) is 11.0 Å². The first kappa shape index (κ1) is 16.8. The number of benzene rings is 2. The van der Waals surface area contributed by atoms with Crippen molar-refractivity contribution in [1.82, 2.24) is 5.32 Å². The van der Waals surface area contributed by atoms with E-state index in [1.54, 1.807) is 17.8 Å². The number of nitrogens with zero attached hydrogens (tertiary/aromatic N) is 1. The largest absolute Gasteiger partial charge is 0.360 e. The van der Waals surface area contributed by atoms with Crippen molar-refractivity contribution < 1.29 is 9.18 Å². The minimum Gasteiger partial charge on any atom is -0.360 e. The average Bonchev–Trinajstić information content (AvgIpc) is 2.60. The number of carbonyl (C=O) groups excluding carboxylic acids is 1. The van der Waals surface area contributed by atoms with E-state index in [-0.39, 0.29) is 18.3 Å². The Morgan fingerprint density at radius 3 is 2.83 bits per heavy atom. The fraction of sp³-hybridized carbons (Fsp3) is 0.316. The molecule has 1 N–H and O–H groups in total. The van der Waals surface area contributed by atoms with Crippen LogP contribution in [-0.2, 0) is 11.2 Å². The van der Waals surface area contributed by atoms with Gasteiger partial charge in [-0.1, -0.05) is 30.3 Å². The minimum absolute atomic E-state index is 0.0558. The summed E-state index contributed by atoms with van der Waals surface area (Å²) < 4.78 is 14.1. The second-order valence-corrected chi connectivity index (χ2v) is 6.95. The maximum atomic E-state index is 14.1. The van der Waals surface area contributed by atoms with Gasteiger partial charge in [0, 0.05) is 23.7 Å². The Labute approximate surface area is 146 Å². The van der Waals surface area contributed by atoms with Crippen molar-refractivity contribution in [3.63, 3.8) is 0 Å². The molecule has 126 valence electrons. The molecule has 0 saturated carbocycles. The fourth-order valence-corrected chi connectivity index (χ4v) is 3.74. The number of thioether (sulfide) groups is 1. The number of para-hydroxylation sites is 1. The van der Waals surface area contributed by atoms with Crippen LogP contribution in [0.15, 0.2) is 53.4 Å². The highest BCUT2D eigenvalue weighted by Crippen LogP contribution is 2.29. The summed E-state index contributed by atoms with van der Waals surface area (Å²) in [6.07, 6.45) is 1.83. The van der Waals surface area contributed by atoms with Gasteiger partial charge in [-0.05, 0) is 36.6 Å². The molecule has 0 bridgehead atoms. The minimum atomic E-state index is -0.236. The van der Waals surface area contributed by atoms with Crippen molar-refractivity contribution in [3.8, 4) is 0 Å². The molecule has 1 amide bonds. The predicted octanol–water partition coefficient (Wildman–Crippen LogP) is 3.49. The molecule has 5 heteroatoms. The smallest absolute Gasteiger partial charge is 0.239 e. The van der Waals surface area contributed by atoms with E-state index < -0.39 is 0 Å². The topological polar surface area (TPSA) is 32.3 Å². The zero-order valence-corrected chi connectivity index (χ0v) is 14.3. The Morgan fingerprint density at radius 1 is 1.17 bits per heavy atom. The molecule has 0 atom stereocenters. The third kappa shape index (κ3) is 4.29. The van der Waals surface area contributed by atoms with E-state index in [2.05, 4.69) is 17.4 Å². The van der Waals surface area contributed by atoms with Crippen LogP contribution in [0.1, 0.15) is 12.0 Å². The Balaban J connectivity index is 1.48. The van der Waals surface area contributed by atoms with Gasteiger partial charge >= 0.3 is 0 Å². The number of hydrogen-bond acceptors (Lipinski definition) is 3. The fourth-order valence-electron chi connectivity index (χ4n) is 2.95.